The van der Waals surface area contributed by atoms with Crippen LogP contribution in [0.25, 0.3) is 0 Å². The van der Waals surface area contributed by atoms with Gasteiger partial charge in [0.15, 0.2) is 0 Å². The summed E-state index contributed by atoms with van der Waals surface area (Å²) in [4.78, 5) is 0.408. The van der Waals surface area contributed by atoms with Crippen molar-refractivity contribution in [3.8, 4) is 0 Å². The molecular weight excluding hydrogens is 282 g/mol. The molecule has 0 spiro atoms. The first-order chi connectivity index (χ1) is 10.0. The molecule has 3 nitrogen and oxygen atoms in total. The van der Waals surface area contributed by atoms with Crippen LogP contribution in [0.4, 0.5) is 0 Å². The van der Waals surface area contributed by atoms with Crippen molar-refractivity contribution in [1.82, 2.24) is 4.31 Å². The fraction of sp³-hybridized carbons (Fsp3) is 0.529. The molecule has 0 radical (unpaired) electrons. The Morgan fingerprint density at radius 2 is 1.86 bits per heavy atom. The van der Waals surface area contributed by atoms with E-state index in [0.29, 0.717) is 10.8 Å². The molecule has 0 amide bonds. The first kappa shape index (κ1) is 14.8. The third kappa shape index (κ3) is 2.55. The van der Waals surface area contributed by atoms with Gasteiger partial charge in [-0.3, -0.25) is 0 Å². The van der Waals surface area contributed by atoms with E-state index >= 15 is 0 Å². The van der Waals surface area contributed by atoms with Crippen LogP contribution in [0.15, 0.2) is 41.8 Å². The van der Waals surface area contributed by atoms with E-state index in [4.69, 9.17) is 0 Å². The van der Waals surface area contributed by atoms with Crippen molar-refractivity contribution in [2.75, 3.05) is 0 Å². The summed E-state index contributed by atoms with van der Waals surface area (Å²) < 4.78 is 27.8. The van der Waals surface area contributed by atoms with Gasteiger partial charge in [-0.05, 0) is 44.2 Å². The Labute approximate surface area is 127 Å². The number of sulfonamides is 1. The molecule has 1 saturated heterocycles. The molecule has 114 valence electrons. The lowest BCUT2D eigenvalue weighted by Gasteiger charge is -2.32. The van der Waals surface area contributed by atoms with E-state index in [2.05, 4.69) is 6.58 Å². The van der Waals surface area contributed by atoms with Crippen LogP contribution < -0.4 is 0 Å². The Bertz CT molecular complexity index is 621. The molecule has 1 heterocycles. The number of fused-ring (bicyclic) bond motifs is 1. The minimum atomic E-state index is -3.43. The van der Waals surface area contributed by atoms with Gasteiger partial charge in [0.2, 0.25) is 10.0 Å². The molecule has 1 aromatic rings. The molecule has 21 heavy (non-hydrogen) atoms. The number of rotatable bonds is 3. The summed E-state index contributed by atoms with van der Waals surface area (Å²) in [5.74, 6) is 0.502. The molecule has 1 aliphatic carbocycles. The Hall–Kier alpha value is -1.13. The molecule has 2 fully saturated rings. The van der Waals surface area contributed by atoms with Crippen LogP contribution in [0.1, 0.15) is 37.7 Å². The second-order valence-corrected chi connectivity index (χ2v) is 8.14. The van der Waals surface area contributed by atoms with Gasteiger partial charge >= 0.3 is 0 Å². The fourth-order valence-electron chi connectivity index (χ4n) is 3.85. The van der Waals surface area contributed by atoms with E-state index in [1.807, 2.05) is 25.1 Å². The Morgan fingerprint density at radius 3 is 2.52 bits per heavy atom. The van der Waals surface area contributed by atoms with Gasteiger partial charge in [-0.15, -0.1) is 6.58 Å². The number of nitrogens with zero attached hydrogens (tertiary/aromatic N) is 1. The maximum Gasteiger partial charge on any atom is 0.243 e. The van der Waals surface area contributed by atoms with Crippen molar-refractivity contribution >= 4 is 10.0 Å². The van der Waals surface area contributed by atoms with Crippen molar-refractivity contribution in [2.45, 2.75) is 56.0 Å². The molecule has 4 heteroatoms. The van der Waals surface area contributed by atoms with Crippen molar-refractivity contribution in [1.29, 1.82) is 0 Å². The zero-order valence-electron chi connectivity index (χ0n) is 12.5. The molecule has 3 rings (SSSR count). The summed E-state index contributed by atoms with van der Waals surface area (Å²) in [5, 5.41) is 0. The normalized spacial score (nSPS) is 30.0. The van der Waals surface area contributed by atoms with Crippen LogP contribution in [-0.2, 0) is 10.0 Å². The van der Waals surface area contributed by atoms with Gasteiger partial charge in [-0.1, -0.05) is 36.6 Å². The molecule has 0 aromatic heterocycles. The van der Waals surface area contributed by atoms with Crippen LogP contribution in [0.3, 0.4) is 0 Å². The topological polar surface area (TPSA) is 37.4 Å². The molecule has 2 aliphatic rings. The maximum atomic E-state index is 13.0. The van der Waals surface area contributed by atoms with Crippen LogP contribution in [0, 0.1) is 12.8 Å². The summed E-state index contributed by atoms with van der Waals surface area (Å²) in [5.41, 5.74) is 1.08. The van der Waals surface area contributed by atoms with Gasteiger partial charge in [-0.25, -0.2) is 8.42 Å². The second-order valence-electron chi connectivity index (χ2n) is 6.30. The molecule has 3 atom stereocenters. The highest BCUT2D eigenvalue weighted by molar-refractivity contribution is 7.89. The molecule has 1 unspecified atom stereocenters. The standard InChI is InChI=1S/C17H23NO2S/c1-3-15-12-14-6-4-5-7-17(14)18(15)21(19,20)16-10-8-13(2)9-11-16/h3,8-11,14-15,17H,1,4-7,12H2,2H3/t14-,15?,17-/m1/s1. The average Bonchev–Trinajstić information content (AvgIpc) is 2.87. The molecule has 1 aromatic carbocycles. The average molecular weight is 305 g/mol. The molecular formula is C17H23NO2S. The van der Waals surface area contributed by atoms with Crippen LogP contribution >= 0.6 is 0 Å². The highest BCUT2D eigenvalue weighted by Gasteiger charge is 2.47. The minimum absolute atomic E-state index is 0.0515. The number of aryl methyl sites for hydroxylation is 1. The van der Waals surface area contributed by atoms with Crippen LogP contribution in [0.2, 0.25) is 0 Å². The van der Waals surface area contributed by atoms with Crippen molar-refractivity contribution in [3.63, 3.8) is 0 Å². The molecule has 1 saturated carbocycles. The first-order valence-electron chi connectivity index (χ1n) is 7.77. The third-order valence-corrected chi connectivity index (χ3v) is 6.90. The zero-order valence-corrected chi connectivity index (χ0v) is 13.3. The Kier molecular flexibility index (Phi) is 3.93. The maximum absolute atomic E-state index is 13.0. The van der Waals surface area contributed by atoms with E-state index in [-0.39, 0.29) is 12.1 Å². The van der Waals surface area contributed by atoms with Gasteiger partial charge in [-0.2, -0.15) is 4.31 Å². The van der Waals surface area contributed by atoms with Crippen molar-refractivity contribution in [3.05, 3.63) is 42.5 Å². The van der Waals surface area contributed by atoms with Crippen molar-refractivity contribution in [2.24, 2.45) is 5.92 Å². The summed E-state index contributed by atoms with van der Waals surface area (Å²) in [6.45, 7) is 5.83. The SMILES string of the molecule is C=CC1C[C@H]2CCCC[C@H]2N1S(=O)(=O)c1ccc(C)cc1. The first-order valence-corrected chi connectivity index (χ1v) is 9.21. The minimum Gasteiger partial charge on any atom is -0.207 e. The number of benzene rings is 1. The second kappa shape index (κ2) is 5.58. The monoisotopic (exact) mass is 305 g/mol. The van der Waals surface area contributed by atoms with Gasteiger partial charge in [0.25, 0.3) is 0 Å². The van der Waals surface area contributed by atoms with Gasteiger partial charge in [0, 0.05) is 12.1 Å². The lowest BCUT2D eigenvalue weighted by Crippen LogP contribution is -2.42. The van der Waals surface area contributed by atoms with E-state index in [9.17, 15) is 8.42 Å². The fourth-order valence-corrected chi connectivity index (χ4v) is 5.73. The smallest absolute Gasteiger partial charge is 0.207 e. The van der Waals surface area contributed by atoms with E-state index < -0.39 is 10.0 Å². The van der Waals surface area contributed by atoms with E-state index in [1.54, 1.807) is 16.4 Å². The lowest BCUT2D eigenvalue weighted by atomic mass is 9.85. The number of hydrogen-bond donors (Lipinski definition) is 0. The predicted octanol–water partition coefficient (Wildman–Crippen LogP) is 3.50. The Balaban J connectivity index is 1.99. The van der Waals surface area contributed by atoms with Crippen LogP contribution in [0.5, 0.6) is 0 Å². The predicted molar refractivity (Wildman–Crippen MR) is 84.6 cm³/mol. The van der Waals surface area contributed by atoms with Crippen LogP contribution in [-0.4, -0.2) is 24.8 Å². The van der Waals surface area contributed by atoms with Crippen molar-refractivity contribution < 1.29 is 8.42 Å². The molecule has 0 N–H and O–H groups in total. The summed E-state index contributed by atoms with van der Waals surface area (Å²) in [6.07, 6.45) is 7.23. The molecule has 1 aliphatic heterocycles. The lowest BCUT2D eigenvalue weighted by molar-refractivity contribution is 0.252. The molecule has 0 bridgehead atoms. The third-order valence-electron chi connectivity index (χ3n) is 4.94. The Morgan fingerprint density at radius 1 is 1.19 bits per heavy atom. The number of hydrogen-bond acceptors (Lipinski definition) is 2. The van der Waals surface area contributed by atoms with Gasteiger partial charge < -0.3 is 0 Å². The quantitative estimate of drug-likeness (QED) is 0.802. The summed E-state index contributed by atoms with van der Waals surface area (Å²) in [6, 6.07) is 7.29. The van der Waals surface area contributed by atoms with Gasteiger partial charge in [0.1, 0.15) is 0 Å². The zero-order chi connectivity index (χ0) is 15.0. The largest absolute Gasteiger partial charge is 0.243 e. The summed E-state index contributed by atoms with van der Waals surface area (Å²) in [7, 11) is -3.43. The summed E-state index contributed by atoms with van der Waals surface area (Å²) >= 11 is 0. The van der Waals surface area contributed by atoms with E-state index in [1.165, 1.54) is 6.42 Å². The highest BCUT2D eigenvalue weighted by Crippen LogP contribution is 2.42. The highest BCUT2D eigenvalue weighted by atomic mass is 32.2. The van der Waals surface area contributed by atoms with Gasteiger partial charge in [0.05, 0.1) is 4.90 Å². The van der Waals surface area contributed by atoms with E-state index in [0.717, 1.165) is 31.2 Å².